The summed E-state index contributed by atoms with van der Waals surface area (Å²) in [4.78, 5) is 9.48. The highest BCUT2D eigenvalue weighted by molar-refractivity contribution is 6.30. The molecule has 1 aliphatic rings. The maximum absolute atomic E-state index is 6.16. The van der Waals surface area contributed by atoms with Gasteiger partial charge in [0.1, 0.15) is 5.52 Å². The summed E-state index contributed by atoms with van der Waals surface area (Å²) in [7, 11) is 0. The number of fused-ring (bicyclic) bond motifs is 1. The number of para-hydroxylation sites is 3. The van der Waals surface area contributed by atoms with E-state index in [0.29, 0.717) is 5.89 Å². The Morgan fingerprint density at radius 2 is 1.54 bits per heavy atom. The lowest BCUT2D eigenvalue weighted by molar-refractivity contribution is 0.617. The molecule has 0 amide bonds. The number of hydrogen-bond acceptors (Lipinski definition) is 4. The van der Waals surface area contributed by atoms with Crippen molar-refractivity contribution in [1.82, 2.24) is 4.98 Å². The third kappa shape index (κ3) is 3.20. The molecule has 1 fully saturated rings. The lowest BCUT2D eigenvalue weighted by Crippen LogP contribution is -2.46. The highest BCUT2D eigenvalue weighted by Crippen LogP contribution is 2.33. The Bertz CT molecular complexity index is 1080. The second-order valence-corrected chi connectivity index (χ2v) is 7.39. The molecular weight excluding hydrogens is 370 g/mol. The fourth-order valence-electron chi connectivity index (χ4n) is 3.80. The molecule has 4 aromatic rings. The zero-order valence-corrected chi connectivity index (χ0v) is 16.1. The van der Waals surface area contributed by atoms with Gasteiger partial charge in [-0.15, -0.1) is 0 Å². The molecule has 0 spiro atoms. The number of piperazine rings is 1. The Labute approximate surface area is 169 Å². The molecule has 4 nitrogen and oxygen atoms in total. The van der Waals surface area contributed by atoms with E-state index in [-0.39, 0.29) is 0 Å². The third-order valence-corrected chi connectivity index (χ3v) is 5.46. The molecule has 0 N–H and O–H groups in total. The molecule has 0 atom stereocenters. The first-order valence-electron chi connectivity index (χ1n) is 9.48. The van der Waals surface area contributed by atoms with Crippen LogP contribution in [0.15, 0.2) is 77.2 Å². The molecule has 1 aliphatic heterocycles. The van der Waals surface area contributed by atoms with Crippen LogP contribution in [-0.4, -0.2) is 31.2 Å². The minimum Gasteiger partial charge on any atom is -0.436 e. The average Bonchev–Trinajstić information content (AvgIpc) is 3.18. The summed E-state index contributed by atoms with van der Waals surface area (Å²) < 4.78 is 6.03. The number of anilines is 2. The highest BCUT2D eigenvalue weighted by Gasteiger charge is 2.21. The minimum atomic E-state index is 0.675. The molecule has 5 heteroatoms. The predicted molar refractivity (Wildman–Crippen MR) is 115 cm³/mol. The monoisotopic (exact) mass is 389 g/mol. The first-order valence-corrected chi connectivity index (χ1v) is 9.86. The van der Waals surface area contributed by atoms with E-state index in [1.807, 2.05) is 48.5 Å². The standard InChI is InChI=1S/C23H20ClN3O/c24-17-6-5-7-18(16-17)26-12-14-27(15-13-26)21-10-3-1-8-19(21)23-25-20-9-2-4-11-22(20)28-23/h1-11,16H,12-15H2. The van der Waals surface area contributed by atoms with E-state index in [0.717, 1.165) is 47.9 Å². The summed E-state index contributed by atoms with van der Waals surface area (Å²) in [5, 5.41) is 0.779. The van der Waals surface area contributed by atoms with E-state index >= 15 is 0 Å². The molecule has 1 aromatic heterocycles. The van der Waals surface area contributed by atoms with E-state index in [2.05, 4.69) is 34.1 Å². The quantitative estimate of drug-likeness (QED) is 0.464. The normalized spacial score (nSPS) is 14.6. The molecule has 2 heterocycles. The van der Waals surface area contributed by atoms with Gasteiger partial charge in [0.05, 0.1) is 5.56 Å². The van der Waals surface area contributed by atoms with E-state index in [9.17, 15) is 0 Å². The molecule has 0 saturated carbocycles. The number of rotatable bonds is 3. The van der Waals surface area contributed by atoms with Crippen LogP contribution in [0.25, 0.3) is 22.6 Å². The van der Waals surface area contributed by atoms with Crippen molar-refractivity contribution in [3.05, 3.63) is 77.8 Å². The third-order valence-electron chi connectivity index (χ3n) is 5.22. The van der Waals surface area contributed by atoms with Crippen LogP contribution in [0.3, 0.4) is 0 Å². The molecule has 3 aromatic carbocycles. The van der Waals surface area contributed by atoms with Gasteiger partial charge in [-0.05, 0) is 42.5 Å². The van der Waals surface area contributed by atoms with Gasteiger partial charge in [-0.2, -0.15) is 0 Å². The van der Waals surface area contributed by atoms with Crippen molar-refractivity contribution in [1.29, 1.82) is 0 Å². The van der Waals surface area contributed by atoms with E-state index < -0.39 is 0 Å². The molecule has 0 radical (unpaired) electrons. The van der Waals surface area contributed by atoms with Crippen LogP contribution in [0.5, 0.6) is 0 Å². The van der Waals surface area contributed by atoms with E-state index in [1.54, 1.807) is 0 Å². The molecule has 0 bridgehead atoms. The van der Waals surface area contributed by atoms with Crippen molar-refractivity contribution >= 4 is 34.1 Å². The predicted octanol–water partition coefficient (Wildman–Crippen LogP) is 5.47. The summed E-state index contributed by atoms with van der Waals surface area (Å²) in [6.45, 7) is 3.76. The van der Waals surface area contributed by atoms with Gasteiger partial charge >= 0.3 is 0 Å². The van der Waals surface area contributed by atoms with Gasteiger partial charge in [0.25, 0.3) is 0 Å². The van der Waals surface area contributed by atoms with Gasteiger partial charge in [-0.25, -0.2) is 4.98 Å². The van der Waals surface area contributed by atoms with Crippen LogP contribution >= 0.6 is 11.6 Å². The van der Waals surface area contributed by atoms with Gasteiger partial charge in [0.2, 0.25) is 5.89 Å². The second-order valence-electron chi connectivity index (χ2n) is 6.96. The molecule has 140 valence electrons. The topological polar surface area (TPSA) is 32.5 Å². The Morgan fingerprint density at radius 1 is 0.786 bits per heavy atom. The molecule has 1 saturated heterocycles. The Hall–Kier alpha value is -2.98. The van der Waals surface area contributed by atoms with E-state index in [1.165, 1.54) is 11.4 Å². The number of benzene rings is 3. The number of hydrogen-bond donors (Lipinski definition) is 0. The molecule has 28 heavy (non-hydrogen) atoms. The van der Waals surface area contributed by atoms with Gasteiger partial charge in [-0.1, -0.05) is 41.9 Å². The smallest absolute Gasteiger partial charge is 0.229 e. The van der Waals surface area contributed by atoms with Crippen molar-refractivity contribution in [3.63, 3.8) is 0 Å². The Kier molecular flexibility index (Phi) is 4.41. The molecule has 0 aliphatic carbocycles. The van der Waals surface area contributed by atoms with Crippen LogP contribution < -0.4 is 9.80 Å². The fourth-order valence-corrected chi connectivity index (χ4v) is 3.98. The van der Waals surface area contributed by atoms with Crippen molar-refractivity contribution in [2.45, 2.75) is 0 Å². The zero-order chi connectivity index (χ0) is 18.9. The Balaban J connectivity index is 1.40. The van der Waals surface area contributed by atoms with Gasteiger partial charge in [0.15, 0.2) is 5.58 Å². The number of halogens is 1. The van der Waals surface area contributed by atoms with Crippen LogP contribution in [-0.2, 0) is 0 Å². The van der Waals surface area contributed by atoms with Gasteiger partial charge in [0, 0.05) is 42.6 Å². The number of aromatic nitrogens is 1. The zero-order valence-electron chi connectivity index (χ0n) is 15.4. The van der Waals surface area contributed by atoms with Crippen molar-refractivity contribution in [3.8, 4) is 11.5 Å². The van der Waals surface area contributed by atoms with Crippen LogP contribution in [0.2, 0.25) is 5.02 Å². The molecule has 5 rings (SSSR count). The number of nitrogens with zero attached hydrogens (tertiary/aromatic N) is 3. The van der Waals surface area contributed by atoms with Crippen LogP contribution in [0, 0.1) is 0 Å². The summed E-state index contributed by atoms with van der Waals surface area (Å²) in [6, 6.07) is 24.3. The lowest BCUT2D eigenvalue weighted by atomic mass is 10.1. The van der Waals surface area contributed by atoms with Crippen LogP contribution in [0.4, 0.5) is 11.4 Å². The summed E-state index contributed by atoms with van der Waals surface area (Å²) >= 11 is 6.16. The van der Waals surface area contributed by atoms with Crippen molar-refractivity contribution in [2.24, 2.45) is 0 Å². The van der Waals surface area contributed by atoms with E-state index in [4.69, 9.17) is 21.0 Å². The second kappa shape index (κ2) is 7.21. The number of oxazole rings is 1. The molecular formula is C23H20ClN3O. The summed E-state index contributed by atoms with van der Waals surface area (Å²) in [5.74, 6) is 0.675. The molecule has 0 unspecified atom stereocenters. The fraction of sp³-hybridized carbons (Fsp3) is 0.174. The van der Waals surface area contributed by atoms with Crippen molar-refractivity contribution in [2.75, 3.05) is 36.0 Å². The lowest BCUT2D eigenvalue weighted by Gasteiger charge is -2.38. The SMILES string of the molecule is Clc1cccc(N2CCN(c3ccccc3-c3nc4ccccc4o3)CC2)c1. The summed E-state index contributed by atoms with van der Waals surface area (Å²) in [5.41, 5.74) is 5.09. The maximum atomic E-state index is 6.16. The maximum Gasteiger partial charge on any atom is 0.229 e. The van der Waals surface area contributed by atoms with Gasteiger partial charge in [-0.3, -0.25) is 0 Å². The summed E-state index contributed by atoms with van der Waals surface area (Å²) in [6.07, 6.45) is 0. The average molecular weight is 390 g/mol. The largest absolute Gasteiger partial charge is 0.436 e. The first-order chi connectivity index (χ1) is 13.8. The first kappa shape index (κ1) is 17.1. The van der Waals surface area contributed by atoms with Gasteiger partial charge < -0.3 is 14.2 Å². The van der Waals surface area contributed by atoms with Crippen molar-refractivity contribution < 1.29 is 4.42 Å². The van der Waals surface area contributed by atoms with Crippen LogP contribution in [0.1, 0.15) is 0 Å². The highest BCUT2D eigenvalue weighted by atomic mass is 35.5. The Morgan fingerprint density at radius 3 is 2.36 bits per heavy atom. The minimum absolute atomic E-state index is 0.675.